The minimum absolute atomic E-state index is 0.250. The maximum Gasteiger partial charge on any atom is 0.0640 e. The third-order valence-corrected chi connectivity index (χ3v) is 4.78. The van der Waals surface area contributed by atoms with Gasteiger partial charge in [-0.05, 0) is 37.7 Å². The van der Waals surface area contributed by atoms with Crippen molar-refractivity contribution in [3.8, 4) is 0 Å². The molecule has 1 aromatic rings. The maximum atomic E-state index is 6.41. The zero-order valence-corrected chi connectivity index (χ0v) is 12.0. The molecule has 0 bridgehead atoms. The highest BCUT2D eigenvalue weighted by Gasteiger charge is 2.34. The van der Waals surface area contributed by atoms with Gasteiger partial charge in [0.2, 0.25) is 0 Å². The van der Waals surface area contributed by atoms with Gasteiger partial charge in [-0.1, -0.05) is 26.7 Å². The van der Waals surface area contributed by atoms with Crippen LogP contribution in [0.1, 0.15) is 64.6 Å². The van der Waals surface area contributed by atoms with E-state index in [-0.39, 0.29) is 6.04 Å². The lowest BCUT2D eigenvalue weighted by molar-refractivity contribution is 0.258. The van der Waals surface area contributed by atoms with Gasteiger partial charge in [0.15, 0.2) is 0 Å². The van der Waals surface area contributed by atoms with Crippen molar-refractivity contribution in [3.05, 3.63) is 18.0 Å². The summed E-state index contributed by atoms with van der Waals surface area (Å²) >= 11 is 0. The van der Waals surface area contributed by atoms with Crippen molar-refractivity contribution in [2.75, 3.05) is 0 Å². The molecule has 0 radical (unpaired) electrons. The molecule has 1 aliphatic rings. The minimum Gasteiger partial charge on any atom is -0.327 e. The van der Waals surface area contributed by atoms with E-state index in [2.05, 4.69) is 42.8 Å². The van der Waals surface area contributed by atoms with Crippen LogP contribution in [0.3, 0.4) is 0 Å². The number of rotatable bonds is 5. The number of hydrogen-bond donors (Lipinski definition) is 1. The standard InChI is InChI=1S/C15H27N3/c1-4-12(2)18-10-7-13(17-18)11-14(16)15(3)8-5-6-9-15/h7,10,12,14H,4-6,8-9,11,16H2,1-3H3. The van der Waals surface area contributed by atoms with Crippen LogP contribution in [-0.4, -0.2) is 15.8 Å². The van der Waals surface area contributed by atoms with E-state index in [1.54, 1.807) is 0 Å². The van der Waals surface area contributed by atoms with Crippen LogP contribution in [0.5, 0.6) is 0 Å². The van der Waals surface area contributed by atoms with Crippen molar-refractivity contribution < 1.29 is 0 Å². The summed E-state index contributed by atoms with van der Waals surface area (Å²) in [7, 11) is 0. The molecule has 0 amide bonds. The average Bonchev–Trinajstić information content (AvgIpc) is 2.98. The third kappa shape index (κ3) is 2.77. The van der Waals surface area contributed by atoms with E-state index >= 15 is 0 Å². The van der Waals surface area contributed by atoms with Crippen molar-refractivity contribution in [1.29, 1.82) is 0 Å². The zero-order valence-electron chi connectivity index (χ0n) is 12.0. The smallest absolute Gasteiger partial charge is 0.0640 e. The van der Waals surface area contributed by atoms with Gasteiger partial charge in [0, 0.05) is 24.7 Å². The van der Waals surface area contributed by atoms with E-state index in [0.29, 0.717) is 11.5 Å². The second-order valence-electron chi connectivity index (χ2n) is 6.22. The molecule has 2 atom stereocenters. The first-order chi connectivity index (χ1) is 8.55. The van der Waals surface area contributed by atoms with Crippen LogP contribution in [-0.2, 0) is 6.42 Å². The molecule has 1 aromatic heterocycles. The first-order valence-electron chi connectivity index (χ1n) is 7.35. The first-order valence-corrected chi connectivity index (χ1v) is 7.35. The molecule has 2 unspecified atom stereocenters. The van der Waals surface area contributed by atoms with Gasteiger partial charge < -0.3 is 5.73 Å². The average molecular weight is 249 g/mol. The van der Waals surface area contributed by atoms with Gasteiger partial charge in [0.1, 0.15) is 0 Å². The van der Waals surface area contributed by atoms with Crippen molar-refractivity contribution >= 4 is 0 Å². The summed E-state index contributed by atoms with van der Waals surface area (Å²) in [6.07, 6.45) is 9.36. The lowest BCUT2D eigenvalue weighted by Gasteiger charge is -2.30. The molecule has 0 spiro atoms. The summed E-state index contributed by atoms with van der Waals surface area (Å²) in [6.45, 7) is 6.74. The van der Waals surface area contributed by atoms with Crippen molar-refractivity contribution in [1.82, 2.24) is 9.78 Å². The van der Waals surface area contributed by atoms with Crippen LogP contribution in [0.2, 0.25) is 0 Å². The molecule has 1 saturated carbocycles. The SMILES string of the molecule is CCC(C)n1ccc(CC(N)C2(C)CCCC2)n1. The molecule has 2 rings (SSSR count). The molecule has 0 aromatic carbocycles. The van der Waals surface area contributed by atoms with Gasteiger partial charge >= 0.3 is 0 Å². The van der Waals surface area contributed by atoms with Crippen LogP contribution < -0.4 is 5.73 Å². The normalized spacial score (nSPS) is 22.0. The number of nitrogens with two attached hydrogens (primary N) is 1. The number of nitrogens with zero attached hydrogens (tertiary/aromatic N) is 2. The highest BCUT2D eigenvalue weighted by atomic mass is 15.3. The summed E-state index contributed by atoms with van der Waals surface area (Å²) in [4.78, 5) is 0. The molecule has 1 fully saturated rings. The van der Waals surface area contributed by atoms with Crippen molar-refractivity contribution in [2.45, 2.75) is 71.4 Å². The van der Waals surface area contributed by atoms with Crippen LogP contribution in [0, 0.1) is 5.41 Å². The third-order valence-electron chi connectivity index (χ3n) is 4.78. The Morgan fingerprint density at radius 2 is 2.11 bits per heavy atom. The lowest BCUT2D eigenvalue weighted by Crippen LogP contribution is -2.39. The molecular weight excluding hydrogens is 222 g/mol. The fraction of sp³-hybridized carbons (Fsp3) is 0.800. The van der Waals surface area contributed by atoms with Gasteiger partial charge in [-0.3, -0.25) is 4.68 Å². The van der Waals surface area contributed by atoms with Gasteiger partial charge in [0.25, 0.3) is 0 Å². The second-order valence-corrected chi connectivity index (χ2v) is 6.22. The van der Waals surface area contributed by atoms with E-state index in [4.69, 9.17) is 5.73 Å². The summed E-state index contributed by atoms with van der Waals surface area (Å²) in [5.74, 6) is 0. The molecule has 3 heteroatoms. The fourth-order valence-electron chi connectivity index (χ4n) is 2.94. The van der Waals surface area contributed by atoms with Crippen LogP contribution in [0.15, 0.2) is 12.3 Å². The Balaban J connectivity index is 1.98. The summed E-state index contributed by atoms with van der Waals surface area (Å²) in [5, 5.41) is 4.66. The Morgan fingerprint density at radius 1 is 1.44 bits per heavy atom. The van der Waals surface area contributed by atoms with E-state index in [9.17, 15) is 0 Å². The van der Waals surface area contributed by atoms with Crippen molar-refractivity contribution in [3.63, 3.8) is 0 Å². The molecule has 18 heavy (non-hydrogen) atoms. The van der Waals surface area contributed by atoms with E-state index in [1.165, 1.54) is 25.7 Å². The quantitative estimate of drug-likeness (QED) is 0.870. The number of aromatic nitrogens is 2. The highest BCUT2D eigenvalue weighted by Crippen LogP contribution is 2.40. The summed E-state index contributed by atoms with van der Waals surface area (Å²) in [5.41, 5.74) is 7.90. The summed E-state index contributed by atoms with van der Waals surface area (Å²) < 4.78 is 2.07. The minimum atomic E-state index is 0.250. The van der Waals surface area contributed by atoms with E-state index < -0.39 is 0 Å². The van der Waals surface area contributed by atoms with Gasteiger partial charge in [-0.25, -0.2) is 0 Å². The molecule has 1 heterocycles. The molecule has 0 saturated heterocycles. The summed E-state index contributed by atoms with van der Waals surface area (Å²) in [6, 6.07) is 2.86. The fourth-order valence-corrected chi connectivity index (χ4v) is 2.94. The van der Waals surface area contributed by atoms with Gasteiger partial charge in [0.05, 0.1) is 5.69 Å². The van der Waals surface area contributed by atoms with Crippen LogP contribution in [0.25, 0.3) is 0 Å². The highest BCUT2D eigenvalue weighted by molar-refractivity contribution is 5.05. The molecule has 102 valence electrons. The van der Waals surface area contributed by atoms with Crippen LogP contribution >= 0.6 is 0 Å². The molecule has 2 N–H and O–H groups in total. The Bertz CT molecular complexity index is 377. The zero-order chi connectivity index (χ0) is 13.2. The van der Waals surface area contributed by atoms with Crippen molar-refractivity contribution in [2.24, 2.45) is 11.1 Å². The number of hydrogen-bond acceptors (Lipinski definition) is 2. The molecular formula is C15H27N3. The van der Waals surface area contributed by atoms with E-state index in [1.807, 2.05) is 0 Å². The Hall–Kier alpha value is -0.830. The Morgan fingerprint density at radius 3 is 2.72 bits per heavy atom. The topological polar surface area (TPSA) is 43.8 Å². The molecule has 0 aliphatic heterocycles. The Labute approximate surface area is 111 Å². The van der Waals surface area contributed by atoms with E-state index in [0.717, 1.165) is 18.5 Å². The molecule has 1 aliphatic carbocycles. The van der Waals surface area contributed by atoms with Gasteiger partial charge in [-0.2, -0.15) is 5.10 Å². The molecule has 3 nitrogen and oxygen atoms in total. The second kappa shape index (κ2) is 5.43. The largest absolute Gasteiger partial charge is 0.327 e. The monoisotopic (exact) mass is 249 g/mol. The predicted octanol–water partition coefficient (Wildman–Crippen LogP) is 3.30. The maximum absolute atomic E-state index is 6.41. The Kier molecular flexibility index (Phi) is 4.10. The lowest BCUT2D eigenvalue weighted by atomic mass is 9.79. The predicted molar refractivity (Wildman–Crippen MR) is 75.5 cm³/mol. The van der Waals surface area contributed by atoms with Crippen LogP contribution in [0.4, 0.5) is 0 Å². The van der Waals surface area contributed by atoms with Gasteiger partial charge in [-0.15, -0.1) is 0 Å². The first kappa shape index (κ1) is 13.6.